The van der Waals surface area contributed by atoms with Crippen molar-refractivity contribution in [1.29, 1.82) is 0 Å². The van der Waals surface area contributed by atoms with Gasteiger partial charge in [0.05, 0.1) is 17.6 Å². The van der Waals surface area contributed by atoms with Crippen LogP contribution in [0.25, 0.3) is 0 Å². The topological polar surface area (TPSA) is 55.0 Å². The first-order valence-electron chi connectivity index (χ1n) is 8.53. The monoisotopic (exact) mass is 288 g/mol. The molecular formula is C17H28N4. The summed E-state index contributed by atoms with van der Waals surface area (Å²) in [4.78, 5) is 11.9. The van der Waals surface area contributed by atoms with E-state index in [-0.39, 0.29) is 0 Å². The minimum Gasteiger partial charge on any atom is -0.366 e. The van der Waals surface area contributed by atoms with Crippen LogP contribution in [-0.2, 0) is 6.54 Å². The number of nitrogens with two attached hydrogens (primary N) is 1. The molecule has 2 N–H and O–H groups in total. The van der Waals surface area contributed by atoms with E-state index in [1.54, 1.807) is 0 Å². The molecule has 0 bridgehead atoms. The SMILES string of the molecule is CC(C)c1ncc(N2CCC[C@H]3CCCC[C@H]32)c(CN)n1. The fourth-order valence-electron chi connectivity index (χ4n) is 4.02. The van der Waals surface area contributed by atoms with Crippen molar-refractivity contribution in [3.63, 3.8) is 0 Å². The molecule has 3 rings (SSSR count). The van der Waals surface area contributed by atoms with Crippen molar-refractivity contribution < 1.29 is 0 Å². The lowest BCUT2D eigenvalue weighted by molar-refractivity contribution is 0.243. The maximum atomic E-state index is 5.98. The van der Waals surface area contributed by atoms with Gasteiger partial charge in [-0.05, 0) is 31.6 Å². The molecule has 0 aromatic carbocycles. The number of hydrogen-bond acceptors (Lipinski definition) is 4. The average Bonchev–Trinajstić information content (AvgIpc) is 2.53. The van der Waals surface area contributed by atoms with Crippen molar-refractivity contribution >= 4 is 5.69 Å². The Balaban J connectivity index is 1.91. The van der Waals surface area contributed by atoms with Gasteiger partial charge >= 0.3 is 0 Å². The molecule has 21 heavy (non-hydrogen) atoms. The summed E-state index contributed by atoms with van der Waals surface area (Å²) >= 11 is 0. The van der Waals surface area contributed by atoms with E-state index in [0.29, 0.717) is 18.5 Å². The fourth-order valence-corrected chi connectivity index (χ4v) is 4.02. The molecule has 1 aliphatic heterocycles. The Hall–Kier alpha value is -1.16. The summed E-state index contributed by atoms with van der Waals surface area (Å²) in [5, 5.41) is 0. The van der Waals surface area contributed by atoms with Crippen LogP contribution in [0.4, 0.5) is 5.69 Å². The smallest absolute Gasteiger partial charge is 0.131 e. The number of aromatic nitrogens is 2. The molecule has 4 heteroatoms. The van der Waals surface area contributed by atoms with Crippen molar-refractivity contribution in [2.45, 2.75) is 70.9 Å². The van der Waals surface area contributed by atoms with Crippen LogP contribution in [-0.4, -0.2) is 22.6 Å². The standard InChI is InChI=1S/C17H28N4/c1-12(2)17-19-11-16(14(10-18)20-17)21-9-5-7-13-6-3-4-8-15(13)21/h11-13,15H,3-10,18H2,1-2H3/t13-,15-/m1/s1. The Kier molecular flexibility index (Phi) is 4.43. The van der Waals surface area contributed by atoms with E-state index < -0.39 is 0 Å². The summed E-state index contributed by atoms with van der Waals surface area (Å²) in [6, 6.07) is 0.686. The summed E-state index contributed by atoms with van der Waals surface area (Å²) in [5.74, 6) is 2.13. The lowest BCUT2D eigenvalue weighted by Gasteiger charge is -2.45. The van der Waals surface area contributed by atoms with Gasteiger partial charge in [0, 0.05) is 25.0 Å². The van der Waals surface area contributed by atoms with Crippen molar-refractivity contribution in [3.05, 3.63) is 17.7 Å². The van der Waals surface area contributed by atoms with E-state index in [2.05, 4.69) is 23.7 Å². The van der Waals surface area contributed by atoms with Crippen LogP contribution in [0.2, 0.25) is 0 Å². The first kappa shape index (κ1) is 14.8. The molecule has 0 radical (unpaired) electrons. The summed E-state index contributed by atoms with van der Waals surface area (Å²) in [6.07, 6.45) is 10.2. The third kappa shape index (κ3) is 2.91. The molecule has 1 saturated heterocycles. The number of anilines is 1. The van der Waals surface area contributed by atoms with Gasteiger partial charge in [-0.15, -0.1) is 0 Å². The number of piperidine rings is 1. The summed E-state index contributed by atoms with van der Waals surface area (Å²) in [7, 11) is 0. The van der Waals surface area contributed by atoms with Crippen LogP contribution in [0.15, 0.2) is 6.20 Å². The van der Waals surface area contributed by atoms with Crippen molar-refractivity contribution in [1.82, 2.24) is 9.97 Å². The van der Waals surface area contributed by atoms with Crippen LogP contribution in [0, 0.1) is 5.92 Å². The fraction of sp³-hybridized carbons (Fsp3) is 0.765. The third-order valence-corrected chi connectivity index (χ3v) is 5.13. The van der Waals surface area contributed by atoms with Gasteiger partial charge in [0.1, 0.15) is 5.82 Å². The van der Waals surface area contributed by atoms with Gasteiger partial charge in [0.2, 0.25) is 0 Å². The van der Waals surface area contributed by atoms with Gasteiger partial charge in [-0.2, -0.15) is 0 Å². The number of hydrogen-bond donors (Lipinski definition) is 1. The largest absolute Gasteiger partial charge is 0.366 e. The third-order valence-electron chi connectivity index (χ3n) is 5.13. The van der Waals surface area contributed by atoms with Gasteiger partial charge in [0.25, 0.3) is 0 Å². The summed E-state index contributed by atoms with van der Waals surface area (Å²) < 4.78 is 0. The second kappa shape index (κ2) is 6.30. The number of rotatable bonds is 3. The molecule has 0 spiro atoms. The van der Waals surface area contributed by atoms with Crippen LogP contribution in [0.1, 0.15) is 69.8 Å². The first-order chi connectivity index (χ1) is 10.2. The zero-order valence-corrected chi connectivity index (χ0v) is 13.4. The molecule has 1 aromatic heterocycles. The second-order valence-corrected chi connectivity index (χ2v) is 6.87. The molecule has 0 unspecified atom stereocenters. The molecule has 2 heterocycles. The molecular weight excluding hydrogens is 260 g/mol. The van der Waals surface area contributed by atoms with E-state index in [9.17, 15) is 0 Å². The Morgan fingerprint density at radius 3 is 2.76 bits per heavy atom. The highest BCUT2D eigenvalue weighted by Crippen LogP contribution is 2.38. The molecule has 4 nitrogen and oxygen atoms in total. The minimum atomic E-state index is 0.355. The van der Waals surface area contributed by atoms with E-state index >= 15 is 0 Å². The van der Waals surface area contributed by atoms with E-state index in [0.717, 1.165) is 24.0 Å². The Morgan fingerprint density at radius 2 is 2.00 bits per heavy atom. The van der Waals surface area contributed by atoms with Gasteiger partial charge in [-0.3, -0.25) is 0 Å². The number of fused-ring (bicyclic) bond motifs is 1. The van der Waals surface area contributed by atoms with Crippen LogP contribution < -0.4 is 10.6 Å². The van der Waals surface area contributed by atoms with Gasteiger partial charge < -0.3 is 10.6 Å². The quantitative estimate of drug-likeness (QED) is 0.928. The lowest BCUT2D eigenvalue weighted by atomic mass is 9.78. The average molecular weight is 288 g/mol. The van der Waals surface area contributed by atoms with Crippen molar-refractivity contribution in [3.8, 4) is 0 Å². The summed E-state index contributed by atoms with van der Waals surface area (Å²) in [6.45, 7) is 5.91. The van der Waals surface area contributed by atoms with Gasteiger partial charge in [-0.25, -0.2) is 9.97 Å². The minimum absolute atomic E-state index is 0.355. The normalized spacial score (nSPS) is 26.0. The molecule has 2 fully saturated rings. The van der Waals surface area contributed by atoms with E-state index in [4.69, 9.17) is 10.7 Å². The lowest BCUT2D eigenvalue weighted by Crippen LogP contribution is -2.47. The molecule has 1 aliphatic carbocycles. The zero-order valence-electron chi connectivity index (χ0n) is 13.4. The van der Waals surface area contributed by atoms with Crippen LogP contribution in [0.5, 0.6) is 0 Å². The Morgan fingerprint density at radius 1 is 1.24 bits per heavy atom. The number of nitrogens with zero attached hydrogens (tertiary/aromatic N) is 3. The van der Waals surface area contributed by atoms with Crippen LogP contribution in [0.3, 0.4) is 0 Å². The Bertz CT molecular complexity index is 484. The van der Waals surface area contributed by atoms with Crippen molar-refractivity contribution in [2.24, 2.45) is 11.7 Å². The van der Waals surface area contributed by atoms with Gasteiger partial charge in [0.15, 0.2) is 0 Å². The molecule has 2 aliphatic rings. The molecule has 0 amide bonds. The van der Waals surface area contributed by atoms with Gasteiger partial charge in [-0.1, -0.05) is 26.7 Å². The first-order valence-corrected chi connectivity index (χ1v) is 8.53. The highest BCUT2D eigenvalue weighted by molar-refractivity contribution is 5.51. The Labute approximate surface area is 128 Å². The zero-order chi connectivity index (χ0) is 14.8. The second-order valence-electron chi connectivity index (χ2n) is 6.87. The van der Waals surface area contributed by atoms with Crippen LogP contribution >= 0.6 is 0 Å². The predicted octanol–water partition coefficient (Wildman–Crippen LogP) is 3.22. The van der Waals surface area contributed by atoms with Crippen molar-refractivity contribution in [2.75, 3.05) is 11.4 Å². The highest BCUT2D eigenvalue weighted by Gasteiger charge is 2.34. The summed E-state index contributed by atoms with van der Waals surface area (Å²) in [5.41, 5.74) is 8.20. The van der Waals surface area contributed by atoms with E-state index in [1.165, 1.54) is 44.2 Å². The molecule has 1 saturated carbocycles. The molecule has 2 atom stereocenters. The molecule has 1 aromatic rings. The highest BCUT2D eigenvalue weighted by atomic mass is 15.2. The van der Waals surface area contributed by atoms with E-state index in [1.807, 2.05) is 6.20 Å². The molecule has 116 valence electrons. The maximum Gasteiger partial charge on any atom is 0.131 e. The predicted molar refractivity (Wildman–Crippen MR) is 86.3 cm³/mol. The maximum absolute atomic E-state index is 5.98.